The lowest BCUT2D eigenvalue weighted by Crippen LogP contribution is -2.61. The number of rotatable bonds is 5. The molecule has 7 nitrogen and oxygen atoms in total. The maximum atomic E-state index is 12.4. The molecule has 2 rings (SSSR count). The lowest BCUT2D eigenvalue weighted by atomic mass is 10.1. The average molecular weight is 307 g/mol. The highest BCUT2D eigenvalue weighted by Crippen LogP contribution is 2.15. The smallest absolute Gasteiger partial charge is 0.236 e. The molecule has 0 aliphatic carbocycles. The van der Waals surface area contributed by atoms with E-state index >= 15 is 0 Å². The van der Waals surface area contributed by atoms with Gasteiger partial charge >= 0.3 is 0 Å². The summed E-state index contributed by atoms with van der Waals surface area (Å²) in [7, 11) is 1.87. The Labute approximate surface area is 131 Å². The number of primary amides is 1. The van der Waals surface area contributed by atoms with E-state index in [2.05, 4.69) is 10.00 Å². The molecule has 1 aliphatic heterocycles. The summed E-state index contributed by atoms with van der Waals surface area (Å²) in [5, 5.41) is 4.10. The van der Waals surface area contributed by atoms with Crippen molar-refractivity contribution in [3.8, 4) is 0 Å². The Kier molecular flexibility index (Phi) is 5.18. The zero-order valence-electron chi connectivity index (χ0n) is 13.5. The molecule has 22 heavy (non-hydrogen) atoms. The van der Waals surface area contributed by atoms with Crippen molar-refractivity contribution in [2.45, 2.75) is 38.8 Å². The summed E-state index contributed by atoms with van der Waals surface area (Å²) in [6.07, 6.45) is 2.80. The standard InChI is InChI=1S/C15H25N5O2/c1-11(2)20-9-8-19(10-13(20)15(16)22)14(21)5-4-12-6-7-17-18(12)3/h6-7,11,13H,4-5,8-10H2,1-3H3,(H2,16,22)/t13-/m0/s1. The molecule has 122 valence electrons. The molecule has 0 radical (unpaired) electrons. The molecule has 1 atom stereocenters. The Morgan fingerprint density at radius 1 is 1.41 bits per heavy atom. The van der Waals surface area contributed by atoms with Crippen LogP contribution in [0.5, 0.6) is 0 Å². The molecular formula is C15H25N5O2. The van der Waals surface area contributed by atoms with Crippen molar-refractivity contribution >= 4 is 11.8 Å². The maximum absolute atomic E-state index is 12.4. The fourth-order valence-corrected chi connectivity index (χ4v) is 2.93. The van der Waals surface area contributed by atoms with E-state index in [1.54, 1.807) is 15.8 Å². The van der Waals surface area contributed by atoms with Gasteiger partial charge in [-0.05, 0) is 26.3 Å². The van der Waals surface area contributed by atoms with Crippen LogP contribution in [0.25, 0.3) is 0 Å². The lowest BCUT2D eigenvalue weighted by Gasteiger charge is -2.42. The van der Waals surface area contributed by atoms with Gasteiger partial charge in [0.15, 0.2) is 0 Å². The summed E-state index contributed by atoms with van der Waals surface area (Å²) >= 11 is 0. The van der Waals surface area contributed by atoms with Gasteiger partial charge in [-0.15, -0.1) is 0 Å². The first-order valence-electron chi connectivity index (χ1n) is 7.70. The largest absolute Gasteiger partial charge is 0.368 e. The second-order valence-corrected chi connectivity index (χ2v) is 6.04. The summed E-state index contributed by atoms with van der Waals surface area (Å²) in [6, 6.07) is 1.76. The maximum Gasteiger partial charge on any atom is 0.236 e. The average Bonchev–Trinajstić information content (AvgIpc) is 2.89. The van der Waals surface area contributed by atoms with Gasteiger partial charge in [0.05, 0.1) is 0 Å². The molecule has 0 unspecified atom stereocenters. The minimum atomic E-state index is -0.394. The number of hydrogen-bond acceptors (Lipinski definition) is 4. The van der Waals surface area contributed by atoms with Crippen LogP contribution in [-0.2, 0) is 23.1 Å². The number of nitrogens with zero attached hydrogens (tertiary/aromatic N) is 4. The fourth-order valence-electron chi connectivity index (χ4n) is 2.93. The first-order chi connectivity index (χ1) is 10.4. The number of hydrogen-bond donors (Lipinski definition) is 1. The van der Waals surface area contributed by atoms with Gasteiger partial charge in [-0.3, -0.25) is 19.2 Å². The molecule has 0 saturated carbocycles. The van der Waals surface area contributed by atoms with E-state index in [9.17, 15) is 9.59 Å². The van der Waals surface area contributed by atoms with E-state index in [0.717, 1.165) is 5.69 Å². The summed E-state index contributed by atoms with van der Waals surface area (Å²) in [5.41, 5.74) is 6.53. The molecule has 1 aromatic rings. The van der Waals surface area contributed by atoms with Crippen LogP contribution in [-0.4, -0.2) is 63.1 Å². The van der Waals surface area contributed by atoms with Crippen molar-refractivity contribution in [1.82, 2.24) is 19.6 Å². The quantitative estimate of drug-likeness (QED) is 0.813. The van der Waals surface area contributed by atoms with E-state index in [1.165, 1.54) is 0 Å². The lowest BCUT2D eigenvalue weighted by molar-refractivity contribution is -0.138. The number of carbonyl (C=O) groups is 2. The molecule has 0 bridgehead atoms. The van der Waals surface area contributed by atoms with Gasteiger partial charge in [0.1, 0.15) is 6.04 Å². The van der Waals surface area contributed by atoms with Gasteiger partial charge in [-0.25, -0.2) is 0 Å². The highest BCUT2D eigenvalue weighted by atomic mass is 16.2. The van der Waals surface area contributed by atoms with Crippen LogP contribution < -0.4 is 5.73 Å². The van der Waals surface area contributed by atoms with Crippen molar-refractivity contribution in [2.24, 2.45) is 12.8 Å². The predicted molar refractivity (Wildman–Crippen MR) is 82.9 cm³/mol. The van der Waals surface area contributed by atoms with Crippen molar-refractivity contribution in [3.63, 3.8) is 0 Å². The summed E-state index contributed by atoms with van der Waals surface area (Å²) in [4.78, 5) is 27.8. The van der Waals surface area contributed by atoms with Crippen molar-refractivity contribution in [2.75, 3.05) is 19.6 Å². The predicted octanol–water partition coefficient (Wildman–Crippen LogP) is -0.241. The topological polar surface area (TPSA) is 84.5 Å². The molecule has 2 amide bonds. The number of nitrogens with two attached hydrogens (primary N) is 1. The summed E-state index contributed by atoms with van der Waals surface area (Å²) < 4.78 is 1.77. The molecule has 1 aliphatic rings. The van der Waals surface area contributed by atoms with E-state index in [1.807, 2.05) is 27.0 Å². The van der Waals surface area contributed by atoms with E-state index in [4.69, 9.17) is 5.73 Å². The monoisotopic (exact) mass is 307 g/mol. The number of aromatic nitrogens is 2. The molecule has 0 spiro atoms. The Hall–Kier alpha value is -1.89. The molecule has 1 saturated heterocycles. The van der Waals surface area contributed by atoms with Gasteiger partial charge in [-0.1, -0.05) is 0 Å². The number of carbonyl (C=O) groups excluding carboxylic acids is 2. The normalized spacial score (nSPS) is 19.6. The van der Waals surface area contributed by atoms with Crippen LogP contribution >= 0.6 is 0 Å². The van der Waals surface area contributed by atoms with Gasteiger partial charge in [0.25, 0.3) is 0 Å². The van der Waals surface area contributed by atoms with Crippen LogP contribution in [0.2, 0.25) is 0 Å². The zero-order chi connectivity index (χ0) is 16.3. The number of aryl methyl sites for hydroxylation is 2. The second-order valence-electron chi connectivity index (χ2n) is 6.04. The molecule has 0 aromatic carbocycles. The van der Waals surface area contributed by atoms with Crippen molar-refractivity contribution < 1.29 is 9.59 Å². The third-order valence-electron chi connectivity index (χ3n) is 4.28. The van der Waals surface area contributed by atoms with Crippen LogP contribution in [0.15, 0.2) is 12.3 Å². The van der Waals surface area contributed by atoms with Gasteiger partial charge in [0, 0.05) is 51.0 Å². The SMILES string of the molecule is CC(C)N1CCN(C(=O)CCc2ccnn2C)C[C@H]1C(N)=O. The zero-order valence-corrected chi connectivity index (χ0v) is 13.5. The van der Waals surface area contributed by atoms with Crippen LogP contribution in [0.1, 0.15) is 26.0 Å². The Morgan fingerprint density at radius 3 is 2.68 bits per heavy atom. The molecule has 1 fully saturated rings. The van der Waals surface area contributed by atoms with E-state index in [-0.39, 0.29) is 17.9 Å². The number of piperazine rings is 1. The summed E-state index contributed by atoms with van der Waals surface area (Å²) in [5.74, 6) is -0.298. The van der Waals surface area contributed by atoms with Gasteiger partial charge in [0.2, 0.25) is 11.8 Å². The van der Waals surface area contributed by atoms with Crippen LogP contribution in [0, 0.1) is 0 Å². The third kappa shape index (κ3) is 3.65. The second kappa shape index (κ2) is 6.91. The first kappa shape index (κ1) is 16.5. The summed E-state index contributed by atoms with van der Waals surface area (Å²) in [6.45, 7) is 5.79. The minimum Gasteiger partial charge on any atom is -0.368 e. The minimum absolute atomic E-state index is 0.0656. The molecule has 7 heteroatoms. The molecule has 2 heterocycles. The Bertz CT molecular complexity index is 540. The Balaban J connectivity index is 1.93. The van der Waals surface area contributed by atoms with E-state index < -0.39 is 6.04 Å². The van der Waals surface area contributed by atoms with Gasteiger partial charge < -0.3 is 10.6 Å². The highest BCUT2D eigenvalue weighted by molar-refractivity contribution is 5.82. The fraction of sp³-hybridized carbons (Fsp3) is 0.667. The first-order valence-corrected chi connectivity index (χ1v) is 7.70. The van der Waals surface area contributed by atoms with Crippen LogP contribution in [0.3, 0.4) is 0 Å². The number of amides is 2. The van der Waals surface area contributed by atoms with E-state index in [0.29, 0.717) is 32.5 Å². The van der Waals surface area contributed by atoms with Gasteiger partial charge in [-0.2, -0.15) is 5.10 Å². The van der Waals surface area contributed by atoms with Crippen LogP contribution in [0.4, 0.5) is 0 Å². The molecule has 1 aromatic heterocycles. The Morgan fingerprint density at radius 2 is 2.14 bits per heavy atom. The molecular weight excluding hydrogens is 282 g/mol. The van der Waals surface area contributed by atoms with Crippen molar-refractivity contribution in [3.05, 3.63) is 18.0 Å². The van der Waals surface area contributed by atoms with Crippen molar-refractivity contribution in [1.29, 1.82) is 0 Å². The highest BCUT2D eigenvalue weighted by Gasteiger charge is 2.34. The molecule has 2 N–H and O–H groups in total. The third-order valence-corrected chi connectivity index (χ3v) is 4.28.